The van der Waals surface area contributed by atoms with E-state index in [1.165, 1.54) is 23.5 Å². The Kier molecular flexibility index (Phi) is 7.66. The van der Waals surface area contributed by atoms with Crippen molar-refractivity contribution in [3.63, 3.8) is 0 Å². The van der Waals surface area contributed by atoms with E-state index in [0.29, 0.717) is 43.9 Å². The summed E-state index contributed by atoms with van der Waals surface area (Å²) < 4.78 is 13.3. The Bertz CT molecular complexity index is 1830. The zero-order chi connectivity index (χ0) is 28.4. The second-order valence-electron chi connectivity index (χ2n) is 9.24. The molecule has 0 aliphatic carbocycles. The van der Waals surface area contributed by atoms with Crippen LogP contribution in [0.5, 0.6) is 5.75 Å². The summed E-state index contributed by atoms with van der Waals surface area (Å²) in [5.74, 6) is -1.000. The number of benzene rings is 3. The van der Waals surface area contributed by atoms with Crippen molar-refractivity contribution in [3.8, 4) is 5.75 Å². The van der Waals surface area contributed by atoms with E-state index < -0.39 is 18.0 Å². The fourth-order valence-corrected chi connectivity index (χ4v) is 6.02. The first kappa shape index (κ1) is 27.1. The third kappa shape index (κ3) is 4.84. The van der Waals surface area contributed by atoms with E-state index >= 15 is 0 Å². The maximum Gasteiger partial charge on any atom is 0.338 e. The summed E-state index contributed by atoms with van der Waals surface area (Å²) in [6, 6.07) is 17.0. The molecule has 4 aromatic rings. The average molecular weight is 557 g/mol. The number of allylic oxidation sites excluding steroid dienone is 1. The molecule has 8 nitrogen and oxygen atoms in total. The van der Waals surface area contributed by atoms with Gasteiger partial charge in [0.15, 0.2) is 4.80 Å². The molecule has 1 aromatic heterocycles. The monoisotopic (exact) mass is 556 g/mol. The molecule has 40 heavy (non-hydrogen) atoms. The van der Waals surface area contributed by atoms with Crippen LogP contribution in [0, 0.1) is 0 Å². The topological polar surface area (TPSA) is 107 Å². The smallest absolute Gasteiger partial charge is 0.338 e. The molecule has 0 radical (unpaired) electrons. The van der Waals surface area contributed by atoms with Crippen LogP contribution in [0.25, 0.3) is 16.8 Å². The van der Waals surface area contributed by atoms with Gasteiger partial charge in [-0.2, -0.15) is 0 Å². The van der Waals surface area contributed by atoms with Crippen molar-refractivity contribution in [1.29, 1.82) is 0 Å². The van der Waals surface area contributed by atoms with E-state index in [0.717, 1.165) is 17.2 Å². The molecule has 1 atom stereocenters. The molecule has 204 valence electrons. The summed E-state index contributed by atoms with van der Waals surface area (Å²) in [4.78, 5) is 44.2. The Labute approximate surface area is 234 Å². The molecule has 1 aliphatic rings. The third-order valence-electron chi connectivity index (χ3n) is 6.77. The van der Waals surface area contributed by atoms with Crippen molar-refractivity contribution < 1.29 is 24.2 Å². The fraction of sp³-hybridized carbons (Fsp3) is 0.226. The molecule has 0 unspecified atom stereocenters. The van der Waals surface area contributed by atoms with Gasteiger partial charge in [0.1, 0.15) is 11.8 Å². The van der Waals surface area contributed by atoms with E-state index in [9.17, 15) is 19.5 Å². The number of nitrogens with zero attached hydrogens (tertiary/aromatic N) is 2. The summed E-state index contributed by atoms with van der Waals surface area (Å²) in [5.41, 5.74) is 2.11. The lowest BCUT2D eigenvalue weighted by Crippen LogP contribution is -2.40. The number of fused-ring (bicyclic) bond motifs is 2. The molecule has 0 bridgehead atoms. The number of aromatic carboxylic acids is 1. The number of thiazole rings is 1. The van der Waals surface area contributed by atoms with E-state index in [1.54, 1.807) is 36.8 Å². The van der Waals surface area contributed by atoms with E-state index in [2.05, 4.69) is 0 Å². The predicted octanol–water partition coefficient (Wildman–Crippen LogP) is 4.44. The van der Waals surface area contributed by atoms with E-state index in [4.69, 9.17) is 14.5 Å². The molecular formula is C31H28N2O6S. The number of carbonyl (C=O) groups excluding carboxylic acids is 1. The van der Waals surface area contributed by atoms with Crippen molar-refractivity contribution in [3.05, 3.63) is 108 Å². The number of esters is 1. The minimum absolute atomic E-state index is 0.157. The number of carboxylic acid groups (broad SMARTS) is 1. The van der Waals surface area contributed by atoms with Crippen molar-refractivity contribution in [1.82, 2.24) is 4.57 Å². The standard InChI is InChI=1S/C31H28N2O6S/c1-4-8-22-26(30(37)39-5-2)27(25-21-10-7-6-9-19(21)15-16-23(25)38-3)33-28(34)24(40-31(33)32-22)17-18-11-13-20(14-12-18)29(35)36/h6-7,9-17,27H,4-5,8H2,1-3H3,(H,35,36)/b24-17-/t27-/m1/s1. The van der Waals surface area contributed by atoms with Crippen LogP contribution >= 0.6 is 11.3 Å². The molecule has 0 fully saturated rings. The second kappa shape index (κ2) is 11.3. The van der Waals surface area contributed by atoms with Crippen LogP contribution in [0.1, 0.15) is 54.2 Å². The van der Waals surface area contributed by atoms with Gasteiger partial charge in [0, 0.05) is 5.56 Å². The maximum absolute atomic E-state index is 14.1. The molecular weight excluding hydrogens is 528 g/mol. The van der Waals surface area contributed by atoms with Gasteiger partial charge in [0.05, 0.1) is 35.1 Å². The number of hydrogen-bond donors (Lipinski definition) is 1. The SMILES string of the molecule is CCCC1=C(C(=O)OCC)[C@@H](c2c(OC)ccc3ccccc23)n2c(s/c(=C\c3ccc(C(=O)O)cc3)c2=O)=N1. The molecule has 0 saturated carbocycles. The summed E-state index contributed by atoms with van der Waals surface area (Å²) in [7, 11) is 1.57. The van der Waals surface area contributed by atoms with Gasteiger partial charge in [0.25, 0.3) is 5.56 Å². The minimum atomic E-state index is -1.02. The highest BCUT2D eigenvalue weighted by atomic mass is 32.1. The van der Waals surface area contributed by atoms with Gasteiger partial charge in [0.2, 0.25) is 0 Å². The van der Waals surface area contributed by atoms with Gasteiger partial charge >= 0.3 is 11.9 Å². The molecule has 0 saturated heterocycles. The van der Waals surface area contributed by atoms with Crippen LogP contribution in [0.4, 0.5) is 0 Å². The molecule has 5 rings (SSSR count). The van der Waals surface area contributed by atoms with Gasteiger partial charge in [-0.3, -0.25) is 9.36 Å². The van der Waals surface area contributed by atoms with Gasteiger partial charge in [-0.1, -0.05) is 67.1 Å². The number of rotatable bonds is 8. The first-order valence-corrected chi connectivity index (χ1v) is 13.8. The lowest BCUT2D eigenvalue weighted by molar-refractivity contribution is -0.139. The molecule has 0 spiro atoms. The first-order valence-electron chi connectivity index (χ1n) is 13.0. The Balaban J connectivity index is 1.84. The van der Waals surface area contributed by atoms with Crippen molar-refractivity contribution in [2.45, 2.75) is 32.7 Å². The Morgan fingerprint density at radius 3 is 2.50 bits per heavy atom. The van der Waals surface area contributed by atoms with Gasteiger partial charge in [-0.25, -0.2) is 14.6 Å². The number of ether oxygens (including phenoxy) is 2. The largest absolute Gasteiger partial charge is 0.496 e. The number of carboxylic acids is 1. The molecule has 1 N–H and O–H groups in total. The molecule has 3 aromatic carbocycles. The van der Waals surface area contributed by atoms with E-state index in [1.807, 2.05) is 43.3 Å². The molecule has 1 aliphatic heterocycles. The zero-order valence-corrected chi connectivity index (χ0v) is 23.2. The average Bonchev–Trinajstić information content (AvgIpc) is 3.26. The number of carbonyl (C=O) groups is 2. The van der Waals surface area contributed by atoms with Crippen LogP contribution in [-0.4, -0.2) is 35.3 Å². The van der Waals surface area contributed by atoms with Crippen LogP contribution in [0.3, 0.4) is 0 Å². The first-order chi connectivity index (χ1) is 19.4. The quantitative estimate of drug-likeness (QED) is 0.322. The van der Waals surface area contributed by atoms with Crippen molar-refractivity contribution in [2.75, 3.05) is 13.7 Å². The van der Waals surface area contributed by atoms with Gasteiger partial charge in [-0.05, 0) is 54.0 Å². The summed E-state index contributed by atoms with van der Waals surface area (Å²) >= 11 is 1.23. The van der Waals surface area contributed by atoms with Crippen LogP contribution in [-0.2, 0) is 9.53 Å². The third-order valence-corrected chi connectivity index (χ3v) is 7.75. The second-order valence-corrected chi connectivity index (χ2v) is 10.3. The number of methoxy groups -OCH3 is 1. The predicted molar refractivity (Wildman–Crippen MR) is 154 cm³/mol. The minimum Gasteiger partial charge on any atom is -0.496 e. The number of aromatic nitrogens is 1. The van der Waals surface area contributed by atoms with Crippen LogP contribution < -0.4 is 19.6 Å². The van der Waals surface area contributed by atoms with Gasteiger partial charge in [-0.15, -0.1) is 0 Å². The molecule has 2 heterocycles. The normalized spacial score (nSPS) is 15.1. The summed E-state index contributed by atoms with van der Waals surface area (Å²) in [6.45, 7) is 3.93. The number of hydrogen-bond acceptors (Lipinski definition) is 7. The van der Waals surface area contributed by atoms with E-state index in [-0.39, 0.29) is 17.7 Å². The molecule has 9 heteroatoms. The van der Waals surface area contributed by atoms with Gasteiger partial charge < -0.3 is 14.6 Å². The highest BCUT2D eigenvalue weighted by molar-refractivity contribution is 7.07. The Morgan fingerprint density at radius 2 is 1.82 bits per heavy atom. The summed E-state index contributed by atoms with van der Waals surface area (Å²) in [6.07, 6.45) is 2.98. The van der Waals surface area contributed by atoms with Crippen molar-refractivity contribution >= 4 is 40.1 Å². The Morgan fingerprint density at radius 1 is 1.07 bits per heavy atom. The maximum atomic E-state index is 14.1. The van der Waals surface area contributed by atoms with Crippen LogP contribution in [0.15, 0.2) is 81.7 Å². The Hall–Kier alpha value is -4.50. The van der Waals surface area contributed by atoms with Crippen LogP contribution in [0.2, 0.25) is 0 Å². The zero-order valence-electron chi connectivity index (χ0n) is 22.3. The highest BCUT2D eigenvalue weighted by Gasteiger charge is 2.37. The summed E-state index contributed by atoms with van der Waals surface area (Å²) in [5, 5.41) is 11.0. The molecule has 0 amide bonds. The fourth-order valence-electron chi connectivity index (χ4n) is 5.00. The lowest BCUT2D eigenvalue weighted by Gasteiger charge is -2.28. The lowest BCUT2D eigenvalue weighted by atomic mass is 9.90. The van der Waals surface area contributed by atoms with Crippen molar-refractivity contribution in [2.24, 2.45) is 4.99 Å². The highest BCUT2D eigenvalue weighted by Crippen LogP contribution is 2.41.